The standard InChI is InChI=1S/C15H23ClO2/c1-14(2,3)8-9-15(10-17,11-18)12-4-6-13(16)7-5-12/h4-7,17-18H,8-11H2,1-3H3. The maximum atomic E-state index is 9.70. The van der Waals surface area contributed by atoms with Gasteiger partial charge in [-0.3, -0.25) is 0 Å². The summed E-state index contributed by atoms with van der Waals surface area (Å²) >= 11 is 5.87. The second-order valence-corrected chi connectivity index (χ2v) is 6.60. The van der Waals surface area contributed by atoms with Crippen LogP contribution in [0.15, 0.2) is 24.3 Å². The summed E-state index contributed by atoms with van der Waals surface area (Å²) in [4.78, 5) is 0. The molecular weight excluding hydrogens is 248 g/mol. The zero-order valence-electron chi connectivity index (χ0n) is 11.4. The van der Waals surface area contributed by atoms with E-state index >= 15 is 0 Å². The van der Waals surface area contributed by atoms with E-state index in [1.54, 1.807) is 12.1 Å². The fraction of sp³-hybridized carbons (Fsp3) is 0.600. The van der Waals surface area contributed by atoms with E-state index < -0.39 is 5.41 Å². The van der Waals surface area contributed by atoms with Crippen LogP contribution in [0.4, 0.5) is 0 Å². The molecule has 1 rings (SSSR count). The van der Waals surface area contributed by atoms with Gasteiger partial charge in [0.15, 0.2) is 0 Å². The molecule has 18 heavy (non-hydrogen) atoms. The third-order valence-electron chi connectivity index (χ3n) is 3.42. The molecule has 0 heterocycles. The summed E-state index contributed by atoms with van der Waals surface area (Å²) in [6, 6.07) is 7.37. The van der Waals surface area contributed by atoms with Crippen LogP contribution in [-0.2, 0) is 5.41 Å². The zero-order valence-corrected chi connectivity index (χ0v) is 12.2. The van der Waals surface area contributed by atoms with Gasteiger partial charge in [0.2, 0.25) is 0 Å². The van der Waals surface area contributed by atoms with Gasteiger partial charge in [0.1, 0.15) is 0 Å². The van der Waals surface area contributed by atoms with Crippen molar-refractivity contribution in [3.05, 3.63) is 34.9 Å². The molecule has 102 valence electrons. The number of hydrogen-bond acceptors (Lipinski definition) is 2. The zero-order chi connectivity index (χ0) is 13.8. The maximum absolute atomic E-state index is 9.70. The van der Waals surface area contributed by atoms with Crippen molar-refractivity contribution in [2.45, 2.75) is 39.0 Å². The van der Waals surface area contributed by atoms with E-state index in [0.29, 0.717) is 5.02 Å². The monoisotopic (exact) mass is 270 g/mol. The summed E-state index contributed by atoms with van der Waals surface area (Å²) in [7, 11) is 0. The molecule has 0 aliphatic rings. The SMILES string of the molecule is CC(C)(C)CCC(CO)(CO)c1ccc(Cl)cc1. The molecule has 1 aromatic rings. The predicted molar refractivity (Wildman–Crippen MR) is 76.0 cm³/mol. The number of benzene rings is 1. The second-order valence-electron chi connectivity index (χ2n) is 6.16. The predicted octanol–water partition coefficient (Wildman–Crippen LogP) is 3.39. The Labute approximate surface area is 115 Å². The van der Waals surface area contributed by atoms with Crippen LogP contribution in [0.5, 0.6) is 0 Å². The van der Waals surface area contributed by atoms with E-state index in [1.807, 2.05) is 12.1 Å². The molecule has 0 aliphatic carbocycles. The molecule has 0 spiro atoms. The van der Waals surface area contributed by atoms with Crippen molar-refractivity contribution >= 4 is 11.6 Å². The van der Waals surface area contributed by atoms with Gasteiger partial charge in [0.05, 0.1) is 13.2 Å². The van der Waals surface area contributed by atoms with E-state index in [0.717, 1.165) is 18.4 Å². The van der Waals surface area contributed by atoms with E-state index in [1.165, 1.54) is 0 Å². The number of halogens is 1. The Morgan fingerprint density at radius 3 is 1.83 bits per heavy atom. The van der Waals surface area contributed by atoms with Crippen LogP contribution >= 0.6 is 11.6 Å². The smallest absolute Gasteiger partial charge is 0.0550 e. The van der Waals surface area contributed by atoms with Crippen LogP contribution in [-0.4, -0.2) is 23.4 Å². The van der Waals surface area contributed by atoms with Crippen molar-refractivity contribution < 1.29 is 10.2 Å². The van der Waals surface area contributed by atoms with Crippen molar-refractivity contribution in [3.63, 3.8) is 0 Å². The Kier molecular flexibility index (Phi) is 5.20. The topological polar surface area (TPSA) is 40.5 Å². The first kappa shape index (κ1) is 15.5. The highest BCUT2D eigenvalue weighted by Crippen LogP contribution is 2.34. The second kappa shape index (κ2) is 6.05. The van der Waals surface area contributed by atoms with Gasteiger partial charge in [-0.25, -0.2) is 0 Å². The summed E-state index contributed by atoms with van der Waals surface area (Å²) in [6.45, 7) is 6.37. The largest absolute Gasteiger partial charge is 0.395 e. The Bertz CT molecular complexity index is 361. The average molecular weight is 271 g/mol. The molecular formula is C15H23ClO2. The van der Waals surface area contributed by atoms with Crippen molar-refractivity contribution in [2.75, 3.05) is 13.2 Å². The third-order valence-corrected chi connectivity index (χ3v) is 3.67. The molecule has 0 fully saturated rings. The lowest BCUT2D eigenvalue weighted by atomic mass is 9.74. The lowest BCUT2D eigenvalue weighted by molar-refractivity contribution is 0.0987. The Morgan fingerprint density at radius 1 is 0.944 bits per heavy atom. The summed E-state index contributed by atoms with van der Waals surface area (Å²) in [5.41, 5.74) is 0.557. The van der Waals surface area contributed by atoms with Gasteiger partial charge in [-0.15, -0.1) is 0 Å². The Morgan fingerprint density at radius 2 is 1.44 bits per heavy atom. The minimum absolute atomic E-state index is 0.0544. The summed E-state index contributed by atoms with van der Waals surface area (Å²) in [6.07, 6.45) is 1.70. The van der Waals surface area contributed by atoms with Crippen LogP contribution in [0.25, 0.3) is 0 Å². The number of hydrogen-bond donors (Lipinski definition) is 2. The Balaban J connectivity index is 2.95. The van der Waals surface area contributed by atoms with Gasteiger partial charge in [-0.05, 0) is 36.0 Å². The molecule has 0 radical (unpaired) electrons. The van der Waals surface area contributed by atoms with Gasteiger partial charge in [-0.1, -0.05) is 44.5 Å². The first-order valence-electron chi connectivity index (χ1n) is 6.31. The first-order valence-corrected chi connectivity index (χ1v) is 6.68. The summed E-state index contributed by atoms with van der Waals surface area (Å²) in [5.74, 6) is 0. The highest BCUT2D eigenvalue weighted by molar-refractivity contribution is 6.30. The lowest BCUT2D eigenvalue weighted by Crippen LogP contribution is -2.36. The molecule has 0 amide bonds. The van der Waals surface area contributed by atoms with Crippen LogP contribution in [0.1, 0.15) is 39.2 Å². The molecule has 0 unspecified atom stereocenters. The van der Waals surface area contributed by atoms with Crippen LogP contribution in [0.2, 0.25) is 5.02 Å². The first-order chi connectivity index (χ1) is 8.33. The van der Waals surface area contributed by atoms with Crippen molar-refractivity contribution in [3.8, 4) is 0 Å². The summed E-state index contributed by atoms with van der Waals surface area (Å²) < 4.78 is 0. The molecule has 2 nitrogen and oxygen atoms in total. The molecule has 0 saturated carbocycles. The summed E-state index contributed by atoms with van der Waals surface area (Å²) in [5, 5.41) is 20.1. The normalized spacial score (nSPS) is 12.8. The number of aliphatic hydroxyl groups is 2. The van der Waals surface area contributed by atoms with Crippen molar-refractivity contribution in [1.29, 1.82) is 0 Å². The van der Waals surface area contributed by atoms with Crippen molar-refractivity contribution in [2.24, 2.45) is 5.41 Å². The average Bonchev–Trinajstić information content (AvgIpc) is 2.32. The molecule has 3 heteroatoms. The highest BCUT2D eigenvalue weighted by atomic mass is 35.5. The van der Waals surface area contributed by atoms with Gasteiger partial charge < -0.3 is 10.2 Å². The molecule has 0 bridgehead atoms. The minimum atomic E-state index is -0.572. The molecule has 0 aromatic heterocycles. The van der Waals surface area contributed by atoms with E-state index in [4.69, 9.17) is 11.6 Å². The molecule has 0 aliphatic heterocycles. The maximum Gasteiger partial charge on any atom is 0.0550 e. The fourth-order valence-electron chi connectivity index (χ4n) is 1.95. The Hall–Kier alpha value is -0.570. The lowest BCUT2D eigenvalue weighted by Gasteiger charge is -2.33. The molecule has 2 N–H and O–H groups in total. The minimum Gasteiger partial charge on any atom is -0.395 e. The van der Waals surface area contributed by atoms with E-state index in [9.17, 15) is 10.2 Å². The van der Waals surface area contributed by atoms with E-state index in [-0.39, 0.29) is 18.6 Å². The number of aliphatic hydroxyl groups excluding tert-OH is 2. The van der Waals surface area contributed by atoms with Crippen molar-refractivity contribution in [1.82, 2.24) is 0 Å². The third kappa shape index (κ3) is 3.98. The quantitative estimate of drug-likeness (QED) is 0.861. The molecule has 0 saturated heterocycles. The van der Waals surface area contributed by atoms with Crippen LogP contribution in [0, 0.1) is 5.41 Å². The van der Waals surface area contributed by atoms with Crippen LogP contribution in [0.3, 0.4) is 0 Å². The number of rotatable bonds is 5. The van der Waals surface area contributed by atoms with Gasteiger partial charge >= 0.3 is 0 Å². The molecule has 1 aromatic carbocycles. The molecule has 0 atom stereocenters. The van der Waals surface area contributed by atoms with E-state index in [2.05, 4.69) is 20.8 Å². The van der Waals surface area contributed by atoms with Crippen LogP contribution < -0.4 is 0 Å². The highest BCUT2D eigenvalue weighted by Gasteiger charge is 2.32. The fourth-order valence-corrected chi connectivity index (χ4v) is 2.08. The van der Waals surface area contributed by atoms with Gasteiger partial charge in [-0.2, -0.15) is 0 Å². The van der Waals surface area contributed by atoms with Gasteiger partial charge in [0.25, 0.3) is 0 Å². The van der Waals surface area contributed by atoms with Gasteiger partial charge in [0, 0.05) is 10.4 Å².